The van der Waals surface area contributed by atoms with E-state index >= 15 is 0 Å². The van der Waals surface area contributed by atoms with Gasteiger partial charge in [0.2, 0.25) is 11.8 Å². The summed E-state index contributed by atoms with van der Waals surface area (Å²) in [7, 11) is 0. The first-order chi connectivity index (χ1) is 10.7. The second-order valence-corrected chi connectivity index (χ2v) is 5.92. The average molecular weight is 299 g/mol. The molecule has 1 N–H and O–H groups in total. The van der Waals surface area contributed by atoms with Gasteiger partial charge in [0, 0.05) is 12.3 Å². The monoisotopic (exact) mass is 299 g/mol. The van der Waals surface area contributed by atoms with Crippen molar-refractivity contribution in [1.29, 1.82) is 0 Å². The van der Waals surface area contributed by atoms with Gasteiger partial charge in [0.25, 0.3) is 5.91 Å². The Morgan fingerprint density at radius 3 is 3.05 bits per heavy atom. The molecule has 114 valence electrons. The standard InChI is InChI=1S/C16H17N3O3/c1-9-7-11-3-2-4-12(14(11)21-9)15(20)17-8-13-18-19-16(22-13)10-5-6-10/h2-4,9-10H,5-8H2,1H3,(H,17,20). The van der Waals surface area contributed by atoms with Crippen LogP contribution in [0.1, 0.15) is 53.4 Å². The Balaban J connectivity index is 1.45. The zero-order valence-corrected chi connectivity index (χ0v) is 12.3. The summed E-state index contributed by atoms with van der Waals surface area (Å²) in [5, 5.41) is 10.8. The molecule has 1 atom stereocenters. The maximum absolute atomic E-state index is 12.4. The number of carbonyl (C=O) groups excluding carboxylic acids is 1. The molecule has 4 rings (SSSR count). The molecule has 1 unspecified atom stereocenters. The molecule has 1 saturated carbocycles. The minimum atomic E-state index is -0.183. The molecule has 6 nitrogen and oxygen atoms in total. The van der Waals surface area contributed by atoms with Crippen molar-refractivity contribution < 1.29 is 13.9 Å². The summed E-state index contributed by atoms with van der Waals surface area (Å²) in [6.07, 6.45) is 3.17. The molecule has 1 aromatic carbocycles. The molecule has 22 heavy (non-hydrogen) atoms. The van der Waals surface area contributed by atoms with Gasteiger partial charge in [-0.05, 0) is 31.4 Å². The highest BCUT2D eigenvalue weighted by Crippen LogP contribution is 2.39. The smallest absolute Gasteiger partial charge is 0.255 e. The van der Waals surface area contributed by atoms with Crippen LogP contribution in [0.5, 0.6) is 5.75 Å². The molecule has 6 heteroatoms. The number of hydrogen-bond donors (Lipinski definition) is 1. The maximum atomic E-state index is 12.4. The van der Waals surface area contributed by atoms with Gasteiger partial charge in [-0.3, -0.25) is 4.79 Å². The van der Waals surface area contributed by atoms with Gasteiger partial charge in [-0.2, -0.15) is 0 Å². The molecule has 2 heterocycles. The zero-order chi connectivity index (χ0) is 15.1. The lowest BCUT2D eigenvalue weighted by Gasteiger charge is -2.09. The Hall–Kier alpha value is -2.37. The fourth-order valence-corrected chi connectivity index (χ4v) is 2.70. The number of para-hydroxylation sites is 1. The molecular weight excluding hydrogens is 282 g/mol. The van der Waals surface area contributed by atoms with Crippen LogP contribution in [0.3, 0.4) is 0 Å². The summed E-state index contributed by atoms with van der Waals surface area (Å²) >= 11 is 0. The van der Waals surface area contributed by atoms with Gasteiger partial charge in [0.05, 0.1) is 12.1 Å². The number of nitrogens with one attached hydrogen (secondary N) is 1. The van der Waals surface area contributed by atoms with Crippen LogP contribution >= 0.6 is 0 Å². The number of fused-ring (bicyclic) bond motifs is 1. The lowest BCUT2D eigenvalue weighted by Crippen LogP contribution is -2.23. The van der Waals surface area contributed by atoms with Crippen molar-refractivity contribution in [3.05, 3.63) is 41.1 Å². The van der Waals surface area contributed by atoms with Crippen LogP contribution in [0.15, 0.2) is 22.6 Å². The summed E-state index contributed by atoms with van der Waals surface area (Å²) in [4.78, 5) is 12.4. The first kappa shape index (κ1) is 13.3. The highest BCUT2D eigenvalue weighted by atomic mass is 16.5. The largest absolute Gasteiger partial charge is 0.489 e. The molecule has 0 spiro atoms. The van der Waals surface area contributed by atoms with Gasteiger partial charge in [0.15, 0.2) is 0 Å². The Labute approximate surface area is 127 Å². The molecule has 1 amide bonds. The van der Waals surface area contributed by atoms with Crippen molar-refractivity contribution in [2.75, 3.05) is 0 Å². The van der Waals surface area contributed by atoms with Gasteiger partial charge in [-0.25, -0.2) is 0 Å². The third-order valence-electron chi connectivity index (χ3n) is 3.98. The highest BCUT2D eigenvalue weighted by molar-refractivity contribution is 5.97. The van der Waals surface area contributed by atoms with E-state index in [1.54, 1.807) is 6.07 Å². The van der Waals surface area contributed by atoms with E-state index in [4.69, 9.17) is 9.15 Å². The summed E-state index contributed by atoms with van der Waals surface area (Å²) < 4.78 is 11.3. The number of rotatable bonds is 4. The van der Waals surface area contributed by atoms with E-state index in [-0.39, 0.29) is 18.6 Å². The summed E-state index contributed by atoms with van der Waals surface area (Å²) in [6.45, 7) is 2.23. The van der Waals surface area contributed by atoms with Gasteiger partial charge in [-0.15, -0.1) is 10.2 Å². The van der Waals surface area contributed by atoms with Crippen LogP contribution in [0.4, 0.5) is 0 Å². The van der Waals surface area contributed by atoms with Gasteiger partial charge in [0.1, 0.15) is 11.9 Å². The quantitative estimate of drug-likeness (QED) is 0.936. The van der Waals surface area contributed by atoms with Crippen molar-refractivity contribution in [2.24, 2.45) is 0 Å². The van der Waals surface area contributed by atoms with E-state index in [1.165, 1.54) is 0 Å². The second-order valence-electron chi connectivity index (χ2n) is 5.92. The minimum absolute atomic E-state index is 0.112. The van der Waals surface area contributed by atoms with Crippen molar-refractivity contribution >= 4 is 5.91 Å². The summed E-state index contributed by atoms with van der Waals surface area (Å²) in [6, 6.07) is 5.65. The highest BCUT2D eigenvalue weighted by Gasteiger charge is 2.29. The first-order valence-corrected chi connectivity index (χ1v) is 7.59. The van der Waals surface area contributed by atoms with Crippen LogP contribution < -0.4 is 10.1 Å². The predicted octanol–water partition coefficient (Wildman–Crippen LogP) is 2.20. The van der Waals surface area contributed by atoms with E-state index in [1.807, 2.05) is 19.1 Å². The molecule has 0 bridgehead atoms. The van der Waals surface area contributed by atoms with Crippen molar-refractivity contribution in [1.82, 2.24) is 15.5 Å². The Bertz CT molecular complexity index is 721. The molecule has 0 radical (unpaired) electrons. The molecule has 1 aromatic heterocycles. The van der Waals surface area contributed by atoms with Crippen molar-refractivity contribution in [2.45, 2.75) is 44.8 Å². The summed E-state index contributed by atoms with van der Waals surface area (Å²) in [5.41, 5.74) is 1.64. The number of aromatic nitrogens is 2. The predicted molar refractivity (Wildman–Crippen MR) is 77.7 cm³/mol. The van der Waals surface area contributed by atoms with Gasteiger partial charge in [-0.1, -0.05) is 12.1 Å². The lowest BCUT2D eigenvalue weighted by atomic mass is 10.1. The zero-order valence-electron chi connectivity index (χ0n) is 12.3. The molecule has 2 aromatic rings. The topological polar surface area (TPSA) is 77.3 Å². The number of benzene rings is 1. The first-order valence-electron chi connectivity index (χ1n) is 7.59. The molecule has 1 aliphatic carbocycles. The van der Waals surface area contributed by atoms with Crippen LogP contribution in [-0.4, -0.2) is 22.2 Å². The van der Waals surface area contributed by atoms with E-state index in [2.05, 4.69) is 15.5 Å². The van der Waals surface area contributed by atoms with Crippen LogP contribution in [0.2, 0.25) is 0 Å². The van der Waals surface area contributed by atoms with Crippen molar-refractivity contribution in [3.8, 4) is 5.75 Å². The minimum Gasteiger partial charge on any atom is -0.489 e. The molecule has 1 fully saturated rings. The summed E-state index contributed by atoms with van der Waals surface area (Å²) in [5.74, 6) is 2.05. The number of amides is 1. The van der Waals surface area contributed by atoms with Crippen molar-refractivity contribution in [3.63, 3.8) is 0 Å². The number of hydrogen-bond acceptors (Lipinski definition) is 5. The number of carbonyl (C=O) groups is 1. The van der Waals surface area contributed by atoms with Crippen LogP contribution in [-0.2, 0) is 13.0 Å². The van der Waals surface area contributed by atoms with E-state index in [0.29, 0.717) is 29.0 Å². The fourth-order valence-electron chi connectivity index (χ4n) is 2.70. The Morgan fingerprint density at radius 1 is 1.36 bits per heavy atom. The fraction of sp³-hybridized carbons (Fsp3) is 0.438. The molecule has 2 aliphatic rings. The third-order valence-corrected chi connectivity index (χ3v) is 3.98. The number of nitrogens with zero attached hydrogens (tertiary/aromatic N) is 2. The van der Waals surface area contributed by atoms with E-state index in [0.717, 1.165) is 24.8 Å². The lowest BCUT2D eigenvalue weighted by molar-refractivity contribution is 0.0942. The van der Waals surface area contributed by atoms with E-state index in [9.17, 15) is 4.79 Å². The van der Waals surface area contributed by atoms with Crippen LogP contribution in [0, 0.1) is 0 Å². The molecule has 0 saturated heterocycles. The van der Waals surface area contributed by atoms with E-state index < -0.39 is 0 Å². The molecule has 1 aliphatic heterocycles. The third kappa shape index (κ3) is 2.45. The van der Waals surface area contributed by atoms with Crippen LogP contribution in [0.25, 0.3) is 0 Å². The average Bonchev–Trinajstić information content (AvgIpc) is 3.12. The molecular formula is C16H17N3O3. The maximum Gasteiger partial charge on any atom is 0.255 e. The Kier molecular flexibility index (Phi) is 3.10. The van der Waals surface area contributed by atoms with Gasteiger partial charge >= 0.3 is 0 Å². The van der Waals surface area contributed by atoms with Gasteiger partial charge < -0.3 is 14.5 Å². The SMILES string of the molecule is CC1Cc2cccc(C(=O)NCc3nnc(C4CC4)o3)c2O1. The Morgan fingerprint density at radius 2 is 2.23 bits per heavy atom. The second kappa shape index (κ2) is 5.12. The number of ether oxygens (including phenoxy) is 1. The normalized spacial score (nSPS) is 19.6.